The Balaban J connectivity index is 1.76. The van der Waals surface area contributed by atoms with E-state index < -0.39 is 0 Å². The van der Waals surface area contributed by atoms with E-state index in [9.17, 15) is 0 Å². The van der Waals surface area contributed by atoms with E-state index in [1.165, 1.54) is 11.5 Å². The van der Waals surface area contributed by atoms with Crippen LogP contribution in [0.25, 0.3) is 33.0 Å². The third-order valence-corrected chi connectivity index (χ3v) is 5.22. The largest absolute Gasteiger partial charge is 0.493 e. The molecule has 0 bridgehead atoms. The van der Waals surface area contributed by atoms with Crippen LogP contribution in [0.2, 0.25) is 0 Å². The van der Waals surface area contributed by atoms with Crippen LogP contribution in [0.4, 0.5) is 0 Å². The van der Waals surface area contributed by atoms with E-state index in [-0.39, 0.29) is 0 Å². The third kappa shape index (κ3) is 3.20. The minimum atomic E-state index is 0.565. The molecule has 6 nitrogen and oxygen atoms in total. The monoisotopic (exact) mass is 394 g/mol. The first-order valence-electron chi connectivity index (χ1n) is 8.50. The Morgan fingerprint density at radius 3 is 2.11 bits per heavy atom. The summed E-state index contributed by atoms with van der Waals surface area (Å²) in [4.78, 5) is 5.20. The summed E-state index contributed by atoms with van der Waals surface area (Å²) >= 11 is 1.42. The number of aromatic nitrogens is 2. The van der Waals surface area contributed by atoms with Crippen molar-refractivity contribution in [3.8, 4) is 50.3 Å². The van der Waals surface area contributed by atoms with Gasteiger partial charge in [-0.15, -0.1) is 0 Å². The minimum absolute atomic E-state index is 0.565. The highest BCUT2D eigenvalue weighted by Crippen LogP contribution is 2.44. The zero-order chi connectivity index (χ0) is 19.5. The first kappa shape index (κ1) is 18.1. The van der Waals surface area contributed by atoms with Gasteiger partial charge in [-0.1, -0.05) is 12.1 Å². The van der Waals surface area contributed by atoms with E-state index in [0.29, 0.717) is 23.1 Å². The van der Waals surface area contributed by atoms with Gasteiger partial charge in [0.2, 0.25) is 11.6 Å². The van der Waals surface area contributed by atoms with Crippen molar-refractivity contribution in [2.45, 2.75) is 0 Å². The highest BCUT2D eigenvalue weighted by Gasteiger charge is 2.18. The van der Waals surface area contributed by atoms with E-state index >= 15 is 0 Å². The van der Waals surface area contributed by atoms with Gasteiger partial charge in [0.1, 0.15) is 6.26 Å². The Kier molecular flexibility index (Phi) is 4.99. The number of oxazole rings is 1. The Morgan fingerprint density at radius 2 is 1.54 bits per heavy atom. The van der Waals surface area contributed by atoms with Crippen molar-refractivity contribution in [2.75, 3.05) is 21.3 Å². The van der Waals surface area contributed by atoms with Crippen molar-refractivity contribution in [3.05, 3.63) is 55.1 Å². The van der Waals surface area contributed by atoms with E-state index in [0.717, 1.165) is 27.1 Å². The lowest BCUT2D eigenvalue weighted by Gasteiger charge is -2.14. The number of rotatable bonds is 6. The summed E-state index contributed by atoms with van der Waals surface area (Å²) in [7, 11) is 4.81. The van der Waals surface area contributed by atoms with Crippen LogP contribution in [0.3, 0.4) is 0 Å². The van der Waals surface area contributed by atoms with Gasteiger partial charge < -0.3 is 18.6 Å². The van der Waals surface area contributed by atoms with Crippen LogP contribution >= 0.6 is 11.5 Å². The normalized spacial score (nSPS) is 10.7. The molecule has 0 radical (unpaired) electrons. The van der Waals surface area contributed by atoms with Crippen LogP contribution in [0, 0.1) is 0 Å². The van der Waals surface area contributed by atoms with Crippen molar-refractivity contribution < 1.29 is 18.6 Å². The number of hydrogen-bond donors (Lipinski definition) is 0. The molecule has 28 heavy (non-hydrogen) atoms. The second-order valence-corrected chi connectivity index (χ2v) is 6.70. The highest BCUT2D eigenvalue weighted by molar-refractivity contribution is 7.10. The molecule has 0 saturated heterocycles. The third-order valence-electron chi connectivity index (χ3n) is 4.37. The van der Waals surface area contributed by atoms with E-state index in [4.69, 9.17) is 18.6 Å². The summed E-state index contributed by atoms with van der Waals surface area (Å²) < 4.78 is 26.1. The summed E-state index contributed by atoms with van der Waals surface area (Å²) in [6, 6.07) is 11.9. The summed E-state index contributed by atoms with van der Waals surface area (Å²) in [6.07, 6.45) is 5.06. The summed E-state index contributed by atoms with van der Waals surface area (Å²) in [5, 5.41) is 0. The summed E-state index contributed by atoms with van der Waals surface area (Å²) in [5.74, 6) is 2.38. The quantitative estimate of drug-likeness (QED) is 0.450. The number of methoxy groups -OCH3 is 3. The predicted octanol–water partition coefficient (Wildman–Crippen LogP) is 5.16. The number of ether oxygens (including phenoxy) is 3. The zero-order valence-corrected chi connectivity index (χ0v) is 16.4. The first-order chi connectivity index (χ1) is 13.7. The van der Waals surface area contributed by atoms with Crippen LogP contribution in [-0.2, 0) is 0 Å². The maximum absolute atomic E-state index is 5.48. The lowest BCUT2D eigenvalue weighted by molar-refractivity contribution is 0.324. The maximum atomic E-state index is 5.48. The molecule has 0 saturated carbocycles. The van der Waals surface area contributed by atoms with Crippen molar-refractivity contribution in [1.82, 2.24) is 9.36 Å². The molecule has 0 amide bonds. The lowest BCUT2D eigenvalue weighted by atomic mass is 10.0. The molecule has 4 aromatic rings. The molecule has 7 heteroatoms. The molecule has 0 aliphatic rings. The van der Waals surface area contributed by atoms with Gasteiger partial charge in [-0.2, -0.15) is 4.37 Å². The van der Waals surface area contributed by atoms with Crippen molar-refractivity contribution in [3.63, 3.8) is 0 Å². The molecule has 0 N–H and O–H groups in total. The predicted molar refractivity (Wildman–Crippen MR) is 108 cm³/mol. The molecule has 0 spiro atoms. The van der Waals surface area contributed by atoms with E-state index in [2.05, 4.69) is 9.36 Å². The molecule has 4 rings (SSSR count). The average molecular weight is 394 g/mol. The van der Waals surface area contributed by atoms with Crippen molar-refractivity contribution in [2.24, 2.45) is 0 Å². The van der Waals surface area contributed by atoms with E-state index in [1.807, 2.05) is 42.6 Å². The molecule has 0 unspecified atom stereocenters. The van der Waals surface area contributed by atoms with Crippen LogP contribution in [-0.4, -0.2) is 30.7 Å². The topological polar surface area (TPSA) is 66.6 Å². The highest BCUT2D eigenvalue weighted by atomic mass is 32.1. The number of hydrogen-bond acceptors (Lipinski definition) is 7. The van der Waals surface area contributed by atoms with Crippen LogP contribution in [0.1, 0.15) is 0 Å². The van der Waals surface area contributed by atoms with Gasteiger partial charge >= 0.3 is 0 Å². The standard InChI is InChI=1S/C21H18N2O4S/c1-24-17-10-15(11-18(25-2)19(17)26-3)20-16(12-23-28-20)13-4-6-14(7-5-13)21-22-8-9-27-21/h4-12H,1-3H3. The molecule has 0 atom stereocenters. The van der Waals surface area contributed by atoms with Gasteiger partial charge in [0.05, 0.1) is 32.4 Å². The number of nitrogens with zero attached hydrogens (tertiary/aromatic N) is 2. The fraction of sp³-hybridized carbons (Fsp3) is 0.143. The maximum Gasteiger partial charge on any atom is 0.225 e. The van der Waals surface area contributed by atoms with Crippen LogP contribution < -0.4 is 14.2 Å². The Hall–Kier alpha value is -3.32. The Morgan fingerprint density at radius 1 is 0.857 bits per heavy atom. The smallest absolute Gasteiger partial charge is 0.225 e. The van der Waals surface area contributed by atoms with Gasteiger partial charge in [-0.3, -0.25) is 0 Å². The summed E-state index contributed by atoms with van der Waals surface area (Å²) in [5.41, 5.74) is 3.95. The molecule has 142 valence electrons. The lowest BCUT2D eigenvalue weighted by Crippen LogP contribution is -1.95. The Bertz CT molecular complexity index is 1050. The van der Waals surface area contributed by atoms with Crippen molar-refractivity contribution in [1.29, 1.82) is 0 Å². The minimum Gasteiger partial charge on any atom is -0.493 e. The van der Waals surface area contributed by atoms with Gasteiger partial charge in [0.25, 0.3) is 0 Å². The van der Waals surface area contributed by atoms with Gasteiger partial charge in [-0.05, 0) is 41.4 Å². The Labute approximate surface area is 166 Å². The molecule has 0 fully saturated rings. The molecular weight excluding hydrogens is 376 g/mol. The number of benzene rings is 2. The van der Waals surface area contributed by atoms with Gasteiger partial charge in [0, 0.05) is 22.9 Å². The SMILES string of the molecule is COc1cc(-c2sncc2-c2ccc(-c3ncco3)cc2)cc(OC)c1OC. The average Bonchev–Trinajstić information content (AvgIpc) is 3.45. The zero-order valence-electron chi connectivity index (χ0n) is 15.6. The molecule has 2 heterocycles. The van der Waals surface area contributed by atoms with Crippen molar-refractivity contribution >= 4 is 11.5 Å². The molecule has 2 aromatic carbocycles. The second-order valence-electron chi connectivity index (χ2n) is 5.90. The molecule has 0 aliphatic carbocycles. The van der Waals surface area contributed by atoms with Crippen LogP contribution in [0.5, 0.6) is 17.2 Å². The van der Waals surface area contributed by atoms with Crippen LogP contribution in [0.15, 0.2) is 59.5 Å². The fourth-order valence-corrected chi connectivity index (χ4v) is 3.78. The first-order valence-corrected chi connectivity index (χ1v) is 9.28. The van der Waals surface area contributed by atoms with Gasteiger partial charge in [-0.25, -0.2) is 4.98 Å². The molecule has 2 aromatic heterocycles. The van der Waals surface area contributed by atoms with Gasteiger partial charge in [0.15, 0.2) is 11.5 Å². The molecular formula is C21H18N2O4S. The molecule has 0 aliphatic heterocycles. The summed E-state index contributed by atoms with van der Waals surface area (Å²) in [6.45, 7) is 0. The second kappa shape index (κ2) is 7.74. The fourth-order valence-electron chi connectivity index (χ4n) is 3.02. The van der Waals surface area contributed by atoms with E-state index in [1.54, 1.807) is 33.8 Å².